The number of nitrogens with one attached hydrogen (secondary N) is 2. The average molecular weight is 377 g/mol. The van der Waals surface area contributed by atoms with Crippen LogP contribution in [-0.4, -0.2) is 34.7 Å². The Morgan fingerprint density at radius 1 is 1.21 bits per heavy atom. The molecule has 2 heterocycles. The lowest BCUT2D eigenvalue weighted by Crippen LogP contribution is -2.32. The van der Waals surface area contributed by atoms with Crippen molar-refractivity contribution < 1.29 is 9.59 Å². The van der Waals surface area contributed by atoms with Gasteiger partial charge < -0.3 is 16.4 Å². The van der Waals surface area contributed by atoms with Crippen molar-refractivity contribution in [2.75, 3.05) is 18.4 Å². The first-order valence-corrected chi connectivity index (χ1v) is 9.49. The summed E-state index contributed by atoms with van der Waals surface area (Å²) < 4.78 is 1.70. The summed E-state index contributed by atoms with van der Waals surface area (Å²) in [5.74, 6) is -0.0524. The second-order valence-corrected chi connectivity index (χ2v) is 7.19. The van der Waals surface area contributed by atoms with Gasteiger partial charge >= 0.3 is 0 Å². The van der Waals surface area contributed by atoms with Crippen molar-refractivity contribution >= 4 is 28.4 Å². The molecule has 7 nitrogen and oxygen atoms in total. The lowest BCUT2D eigenvalue weighted by atomic mass is 9.96. The Kier molecular flexibility index (Phi) is 5.08. The lowest BCUT2D eigenvalue weighted by Gasteiger charge is -2.22. The molecule has 2 amide bonds. The number of fused-ring (bicyclic) bond motifs is 1. The molecule has 4 N–H and O–H groups in total. The molecule has 144 valence electrons. The maximum Gasteiger partial charge on any atom is 0.250 e. The molecule has 4 rings (SSSR count). The zero-order chi connectivity index (χ0) is 19.5. The molecule has 28 heavy (non-hydrogen) atoms. The van der Waals surface area contributed by atoms with E-state index in [1.807, 2.05) is 36.5 Å². The van der Waals surface area contributed by atoms with E-state index < -0.39 is 5.91 Å². The molecule has 1 saturated heterocycles. The second-order valence-electron chi connectivity index (χ2n) is 7.19. The van der Waals surface area contributed by atoms with Crippen molar-refractivity contribution in [2.45, 2.75) is 19.3 Å². The minimum absolute atomic E-state index is 0.0392. The van der Waals surface area contributed by atoms with Crippen LogP contribution in [-0.2, 0) is 4.79 Å². The molecule has 1 aliphatic heterocycles. The molecule has 7 heteroatoms. The van der Waals surface area contributed by atoms with Crippen LogP contribution in [0.3, 0.4) is 0 Å². The van der Waals surface area contributed by atoms with Crippen LogP contribution in [0.15, 0.2) is 48.7 Å². The highest BCUT2D eigenvalue weighted by Gasteiger charge is 2.17. The van der Waals surface area contributed by atoms with E-state index in [-0.39, 0.29) is 5.91 Å². The summed E-state index contributed by atoms with van der Waals surface area (Å²) in [6.45, 7) is 1.95. The average Bonchev–Trinajstić information content (AvgIpc) is 3.13. The summed E-state index contributed by atoms with van der Waals surface area (Å²) in [5, 5.41) is 11.6. The Bertz CT molecular complexity index is 1000. The molecule has 0 spiro atoms. The molecule has 0 radical (unpaired) electrons. The van der Waals surface area contributed by atoms with E-state index in [4.69, 9.17) is 5.73 Å². The van der Waals surface area contributed by atoms with Gasteiger partial charge in [0, 0.05) is 23.7 Å². The molecule has 2 aromatic carbocycles. The first-order chi connectivity index (χ1) is 13.6. The van der Waals surface area contributed by atoms with Gasteiger partial charge in [0.1, 0.15) is 5.52 Å². The number of carbonyl (C=O) groups excluding carboxylic acids is 2. The summed E-state index contributed by atoms with van der Waals surface area (Å²) >= 11 is 0. The Hall–Kier alpha value is -3.19. The SMILES string of the molecule is NC(=O)c1cccc2cn(-c3ccc(NC(=O)C[C@@H]4CCCNC4)cc3)nc12. The number of nitrogens with zero attached hydrogens (tertiary/aromatic N) is 2. The van der Waals surface area contributed by atoms with Gasteiger partial charge in [0.2, 0.25) is 5.91 Å². The number of hydrogen-bond acceptors (Lipinski definition) is 4. The highest BCUT2D eigenvalue weighted by Crippen LogP contribution is 2.21. The number of aromatic nitrogens is 2. The number of nitrogens with two attached hydrogens (primary N) is 1. The summed E-state index contributed by atoms with van der Waals surface area (Å²) in [4.78, 5) is 23.8. The van der Waals surface area contributed by atoms with Gasteiger partial charge in [0.25, 0.3) is 5.91 Å². The number of benzene rings is 2. The van der Waals surface area contributed by atoms with Gasteiger partial charge in [-0.25, -0.2) is 4.68 Å². The number of rotatable bonds is 5. The van der Waals surface area contributed by atoms with Crippen molar-refractivity contribution in [1.29, 1.82) is 0 Å². The van der Waals surface area contributed by atoms with E-state index >= 15 is 0 Å². The van der Waals surface area contributed by atoms with Crippen molar-refractivity contribution in [1.82, 2.24) is 15.1 Å². The Labute approximate surface area is 162 Å². The maximum absolute atomic E-state index is 12.3. The number of anilines is 1. The summed E-state index contributed by atoms with van der Waals surface area (Å²) in [5.41, 5.74) is 8.00. The minimum atomic E-state index is -0.498. The fourth-order valence-corrected chi connectivity index (χ4v) is 3.65. The zero-order valence-electron chi connectivity index (χ0n) is 15.5. The monoisotopic (exact) mass is 377 g/mol. The standard InChI is InChI=1S/C21H23N5O2/c22-21(28)18-5-1-4-15-13-26(25-20(15)18)17-8-6-16(7-9-17)24-19(27)11-14-3-2-10-23-12-14/h1,4-9,13-14,23H,2-3,10-12H2,(H2,22,28)(H,24,27)/t14-/m0/s1. The highest BCUT2D eigenvalue weighted by atomic mass is 16.2. The molecule has 3 aromatic rings. The van der Waals surface area contributed by atoms with Crippen LogP contribution in [0.1, 0.15) is 29.6 Å². The second kappa shape index (κ2) is 7.82. The van der Waals surface area contributed by atoms with Crippen molar-refractivity contribution in [3.05, 3.63) is 54.2 Å². The minimum Gasteiger partial charge on any atom is -0.366 e. The Morgan fingerprint density at radius 3 is 2.75 bits per heavy atom. The van der Waals surface area contributed by atoms with Gasteiger partial charge in [-0.3, -0.25) is 9.59 Å². The van der Waals surface area contributed by atoms with Gasteiger partial charge in [-0.2, -0.15) is 5.10 Å². The van der Waals surface area contributed by atoms with Gasteiger partial charge in [-0.05, 0) is 62.2 Å². The molecule has 1 aliphatic rings. The van der Waals surface area contributed by atoms with E-state index in [9.17, 15) is 9.59 Å². The lowest BCUT2D eigenvalue weighted by molar-refractivity contribution is -0.117. The van der Waals surface area contributed by atoms with Crippen LogP contribution >= 0.6 is 0 Å². The number of hydrogen-bond donors (Lipinski definition) is 3. The smallest absolute Gasteiger partial charge is 0.250 e. The topological polar surface area (TPSA) is 102 Å². The van der Waals surface area contributed by atoms with Crippen LogP contribution in [0.5, 0.6) is 0 Å². The van der Waals surface area contributed by atoms with E-state index in [1.165, 1.54) is 0 Å². The number of piperidine rings is 1. The third-order valence-corrected chi connectivity index (χ3v) is 5.09. The number of carbonyl (C=O) groups is 2. The summed E-state index contributed by atoms with van der Waals surface area (Å²) in [6.07, 6.45) is 4.61. The summed E-state index contributed by atoms with van der Waals surface area (Å²) in [6, 6.07) is 12.8. The number of amides is 2. The van der Waals surface area contributed by atoms with Crippen LogP contribution in [0.2, 0.25) is 0 Å². The molecule has 0 unspecified atom stereocenters. The fourth-order valence-electron chi connectivity index (χ4n) is 3.65. The van der Waals surface area contributed by atoms with E-state index in [0.717, 1.165) is 42.7 Å². The predicted molar refractivity (Wildman–Crippen MR) is 108 cm³/mol. The first-order valence-electron chi connectivity index (χ1n) is 9.49. The molecule has 1 atom stereocenters. The van der Waals surface area contributed by atoms with Gasteiger partial charge in [-0.1, -0.05) is 12.1 Å². The molecular weight excluding hydrogens is 354 g/mol. The summed E-state index contributed by atoms with van der Waals surface area (Å²) in [7, 11) is 0. The van der Waals surface area contributed by atoms with Crippen LogP contribution < -0.4 is 16.4 Å². The van der Waals surface area contributed by atoms with Gasteiger partial charge in [0.15, 0.2) is 0 Å². The largest absolute Gasteiger partial charge is 0.366 e. The Morgan fingerprint density at radius 2 is 2.04 bits per heavy atom. The highest BCUT2D eigenvalue weighted by molar-refractivity contribution is 6.04. The maximum atomic E-state index is 12.3. The molecular formula is C21H23N5O2. The third kappa shape index (κ3) is 3.89. The molecule has 0 saturated carbocycles. The van der Waals surface area contributed by atoms with E-state index in [0.29, 0.717) is 23.4 Å². The first kappa shape index (κ1) is 18.2. The van der Waals surface area contributed by atoms with Crippen LogP contribution in [0, 0.1) is 5.92 Å². The van der Waals surface area contributed by atoms with E-state index in [1.54, 1.807) is 16.8 Å². The third-order valence-electron chi connectivity index (χ3n) is 5.09. The van der Waals surface area contributed by atoms with Crippen molar-refractivity contribution in [3.63, 3.8) is 0 Å². The predicted octanol–water partition coefficient (Wildman–Crippen LogP) is 2.45. The van der Waals surface area contributed by atoms with Gasteiger partial charge in [0.05, 0.1) is 11.3 Å². The normalized spacial score (nSPS) is 16.8. The van der Waals surface area contributed by atoms with E-state index in [2.05, 4.69) is 15.7 Å². The van der Waals surface area contributed by atoms with Crippen molar-refractivity contribution in [3.8, 4) is 5.69 Å². The van der Waals surface area contributed by atoms with Crippen LogP contribution in [0.25, 0.3) is 16.6 Å². The molecule has 0 bridgehead atoms. The van der Waals surface area contributed by atoms with Gasteiger partial charge in [-0.15, -0.1) is 0 Å². The van der Waals surface area contributed by atoms with Crippen LogP contribution in [0.4, 0.5) is 5.69 Å². The zero-order valence-corrected chi connectivity index (χ0v) is 15.5. The quantitative estimate of drug-likeness (QED) is 0.635. The van der Waals surface area contributed by atoms with Crippen molar-refractivity contribution in [2.24, 2.45) is 11.7 Å². The molecule has 1 aromatic heterocycles. The number of primary amides is 1. The molecule has 1 fully saturated rings. The molecule has 0 aliphatic carbocycles. The fraction of sp³-hybridized carbons (Fsp3) is 0.286. The Balaban J connectivity index is 1.47.